The van der Waals surface area contributed by atoms with E-state index < -0.39 is 17.2 Å². The highest BCUT2D eigenvalue weighted by Gasteiger charge is 2.29. The molecule has 2 heterocycles. The second-order valence-electron chi connectivity index (χ2n) is 8.76. The van der Waals surface area contributed by atoms with E-state index in [4.69, 9.17) is 0 Å². The fourth-order valence-corrected chi connectivity index (χ4v) is 3.89. The van der Waals surface area contributed by atoms with Gasteiger partial charge in [0.05, 0.1) is 10.9 Å². The summed E-state index contributed by atoms with van der Waals surface area (Å²) >= 11 is 0. The molecular weight excluding hydrogens is 422 g/mol. The average molecular weight is 447 g/mol. The molecule has 2 aliphatic carbocycles. The highest BCUT2D eigenvalue weighted by atomic mass is 16.2. The van der Waals surface area contributed by atoms with Crippen molar-refractivity contribution >= 4 is 28.5 Å². The number of benzene rings is 1. The van der Waals surface area contributed by atoms with Crippen molar-refractivity contribution in [1.82, 2.24) is 19.9 Å². The predicted molar refractivity (Wildman–Crippen MR) is 124 cm³/mol. The first-order chi connectivity index (χ1) is 15.9. The van der Waals surface area contributed by atoms with Crippen molar-refractivity contribution in [2.45, 2.75) is 57.5 Å². The van der Waals surface area contributed by atoms with E-state index >= 15 is 0 Å². The molecule has 0 unspecified atom stereocenters. The number of rotatable bonds is 7. The molecule has 3 aromatic rings. The number of H-pyrrole nitrogens is 1. The Morgan fingerprint density at radius 3 is 2.45 bits per heavy atom. The fourth-order valence-electron chi connectivity index (χ4n) is 3.89. The molecular formula is C24H25N5O4. The van der Waals surface area contributed by atoms with Gasteiger partial charge in [-0.25, -0.2) is 9.78 Å². The SMILES string of the molecule is CCCn1c(=O)[nH]c(=O)c2c(C(=O)Nc3ccc(C(=O)NC4CC4)cc3)cc(C3CC3)nc21. The van der Waals surface area contributed by atoms with Crippen LogP contribution in [0.15, 0.2) is 39.9 Å². The second kappa shape index (κ2) is 8.31. The molecule has 0 aliphatic heterocycles. The highest BCUT2D eigenvalue weighted by molar-refractivity contribution is 6.12. The van der Waals surface area contributed by atoms with E-state index in [0.29, 0.717) is 24.2 Å². The minimum atomic E-state index is -0.630. The Bertz CT molecular complexity index is 1360. The maximum absolute atomic E-state index is 13.2. The van der Waals surface area contributed by atoms with Crippen molar-refractivity contribution in [3.05, 3.63) is 68.0 Å². The van der Waals surface area contributed by atoms with E-state index in [1.165, 1.54) is 4.57 Å². The minimum Gasteiger partial charge on any atom is -0.349 e. The van der Waals surface area contributed by atoms with E-state index in [1.54, 1.807) is 30.3 Å². The van der Waals surface area contributed by atoms with Gasteiger partial charge in [-0.1, -0.05) is 6.92 Å². The first-order valence-corrected chi connectivity index (χ1v) is 11.3. The van der Waals surface area contributed by atoms with Gasteiger partial charge in [-0.05, 0) is 62.4 Å². The summed E-state index contributed by atoms with van der Waals surface area (Å²) in [5.41, 5.74) is 1.01. The van der Waals surface area contributed by atoms with Crippen LogP contribution in [0.4, 0.5) is 5.69 Å². The molecule has 3 N–H and O–H groups in total. The molecule has 0 saturated heterocycles. The Balaban J connectivity index is 1.50. The maximum Gasteiger partial charge on any atom is 0.329 e. The van der Waals surface area contributed by atoms with Gasteiger partial charge >= 0.3 is 5.69 Å². The molecule has 1 aromatic carbocycles. The van der Waals surface area contributed by atoms with Gasteiger partial charge in [-0.2, -0.15) is 0 Å². The van der Waals surface area contributed by atoms with Gasteiger partial charge in [0.1, 0.15) is 0 Å². The number of hydrogen-bond acceptors (Lipinski definition) is 5. The largest absolute Gasteiger partial charge is 0.349 e. The van der Waals surface area contributed by atoms with Crippen LogP contribution in [0.5, 0.6) is 0 Å². The highest BCUT2D eigenvalue weighted by Crippen LogP contribution is 2.40. The number of anilines is 1. The number of amides is 2. The quantitative estimate of drug-likeness (QED) is 0.513. The number of carbonyl (C=O) groups excluding carboxylic acids is 2. The smallest absolute Gasteiger partial charge is 0.329 e. The minimum absolute atomic E-state index is 0.102. The zero-order valence-electron chi connectivity index (χ0n) is 18.3. The normalized spacial score (nSPS) is 15.4. The molecule has 0 radical (unpaired) electrons. The summed E-state index contributed by atoms with van der Waals surface area (Å²) in [6, 6.07) is 8.53. The van der Waals surface area contributed by atoms with Crippen LogP contribution < -0.4 is 21.9 Å². The molecule has 2 aliphatic rings. The third-order valence-electron chi connectivity index (χ3n) is 5.97. The molecule has 9 nitrogen and oxygen atoms in total. The number of carbonyl (C=O) groups is 2. The molecule has 0 spiro atoms. The van der Waals surface area contributed by atoms with Gasteiger partial charge in [0.25, 0.3) is 17.4 Å². The van der Waals surface area contributed by atoms with Crippen LogP contribution in [0.2, 0.25) is 0 Å². The summed E-state index contributed by atoms with van der Waals surface area (Å²) in [6.45, 7) is 2.31. The van der Waals surface area contributed by atoms with Crippen molar-refractivity contribution in [1.29, 1.82) is 0 Å². The number of aromatic amines is 1. The van der Waals surface area contributed by atoms with Gasteiger partial charge in [0.2, 0.25) is 0 Å². The molecule has 2 amide bonds. The van der Waals surface area contributed by atoms with Gasteiger partial charge in [0.15, 0.2) is 5.65 Å². The summed E-state index contributed by atoms with van der Waals surface area (Å²) in [5.74, 6) is -0.369. The van der Waals surface area contributed by atoms with Gasteiger partial charge in [-0.15, -0.1) is 0 Å². The Morgan fingerprint density at radius 2 is 1.82 bits per heavy atom. The Kier molecular flexibility index (Phi) is 5.32. The topological polar surface area (TPSA) is 126 Å². The Morgan fingerprint density at radius 1 is 1.09 bits per heavy atom. The van der Waals surface area contributed by atoms with Crippen LogP contribution in [0.1, 0.15) is 71.4 Å². The molecule has 9 heteroatoms. The monoisotopic (exact) mass is 447 g/mol. The van der Waals surface area contributed by atoms with Crippen molar-refractivity contribution in [3.63, 3.8) is 0 Å². The standard InChI is InChI=1S/C24H25N5O4/c1-2-11-29-20-19(23(32)28-24(29)33)17(12-18(27-20)13-3-4-13)22(31)26-15-7-5-14(6-8-15)21(30)25-16-9-10-16/h5-8,12-13,16H,2-4,9-11H2,1H3,(H,25,30)(H,26,31)(H,28,32,33). The summed E-state index contributed by atoms with van der Waals surface area (Å²) in [4.78, 5) is 57.5. The fraction of sp³-hybridized carbons (Fsp3) is 0.375. The second-order valence-corrected chi connectivity index (χ2v) is 8.76. The summed E-state index contributed by atoms with van der Waals surface area (Å²) in [5, 5.41) is 5.84. The first-order valence-electron chi connectivity index (χ1n) is 11.3. The maximum atomic E-state index is 13.2. The molecule has 170 valence electrons. The molecule has 0 bridgehead atoms. The van der Waals surface area contributed by atoms with Crippen LogP contribution in [0.25, 0.3) is 11.0 Å². The van der Waals surface area contributed by atoms with Crippen LogP contribution in [0, 0.1) is 0 Å². The molecule has 33 heavy (non-hydrogen) atoms. The Labute approximate surface area is 189 Å². The average Bonchev–Trinajstić information content (AvgIpc) is 3.71. The molecule has 5 rings (SSSR count). The number of aromatic nitrogens is 3. The predicted octanol–water partition coefficient (Wildman–Crippen LogP) is 2.52. The van der Waals surface area contributed by atoms with E-state index in [0.717, 1.165) is 31.4 Å². The number of fused-ring (bicyclic) bond motifs is 1. The molecule has 2 saturated carbocycles. The Hall–Kier alpha value is -3.75. The number of pyridine rings is 1. The van der Waals surface area contributed by atoms with E-state index in [2.05, 4.69) is 20.6 Å². The number of hydrogen-bond donors (Lipinski definition) is 3. The third kappa shape index (κ3) is 4.30. The van der Waals surface area contributed by atoms with Gasteiger partial charge in [0, 0.05) is 35.4 Å². The lowest BCUT2D eigenvalue weighted by Gasteiger charge is -2.13. The summed E-state index contributed by atoms with van der Waals surface area (Å²) in [6.07, 6.45) is 4.62. The van der Waals surface area contributed by atoms with Gasteiger partial charge < -0.3 is 10.6 Å². The van der Waals surface area contributed by atoms with Gasteiger partial charge in [-0.3, -0.25) is 23.9 Å². The van der Waals surface area contributed by atoms with Crippen molar-refractivity contribution in [2.24, 2.45) is 0 Å². The first kappa shape index (κ1) is 21.1. The number of nitrogens with zero attached hydrogens (tertiary/aromatic N) is 2. The van der Waals surface area contributed by atoms with E-state index in [1.807, 2.05) is 6.92 Å². The number of aryl methyl sites for hydroxylation is 1. The van der Waals surface area contributed by atoms with Crippen molar-refractivity contribution in [2.75, 3.05) is 5.32 Å². The number of nitrogens with one attached hydrogen (secondary N) is 3. The van der Waals surface area contributed by atoms with Crippen molar-refractivity contribution < 1.29 is 9.59 Å². The van der Waals surface area contributed by atoms with Crippen LogP contribution >= 0.6 is 0 Å². The lowest BCUT2D eigenvalue weighted by Crippen LogP contribution is -2.32. The lowest BCUT2D eigenvalue weighted by atomic mass is 10.1. The van der Waals surface area contributed by atoms with E-state index in [-0.39, 0.29) is 34.5 Å². The third-order valence-corrected chi connectivity index (χ3v) is 5.97. The lowest BCUT2D eigenvalue weighted by molar-refractivity contribution is 0.0950. The van der Waals surface area contributed by atoms with Crippen LogP contribution in [0.3, 0.4) is 0 Å². The molecule has 2 aromatic heterocycles. The van der Waals surface area contributed by atoms with Crippen LogP contribution in [-0.4, -0.2) is 32.4 Å². The zero-order chi connectivity index (χ0) is 23.1. The molecule has 2 fully saturated rings. The van der Waals surface area contributed by atoms with Crippen molar-refractivity contribution in [3.8, 4) is 0 Å². The molecule has 0 atom stereocenters. The van der Waals surface area contributed by atoms with E-state index in [9.17, 15) is 19.2 Å². The summed E-state index contributed by atoms with van der Waals surface area (Å²) < 4.78 is 1.42. The van der Waals surface area contributed by atoms with Crippen LogP contribution in [-0.2, 0) is 6.54 Å². The zero-order valence-corrected chi connectivity index (χ0v) is 18.3. The summed E-state index contributed by atoms with van der Waals surface area (Å²) in [7, 11) is 0.